The van der Waals surface area contributed by atoms with Gasteiger partial charge in [0.15, 0.2) is 0 Å². The summed E-state index contributed by atoms with van der Waals surface area (Å²) in [7, 11) is 0. The Balaban J connectivity index is 2.22. The monoisotopic (exact) mass is 280 g/mol. The summed E-state index contributed by atoms with van der Waals surface area (Å²) in [5.74, 6) is -0.271. The summed E-state index contributed by atoms with van der Waals surface area (Å²) in [4.78, 5) is 0. The smallest absolute Gasteiger partial charge is 0.133 e. The number of benzene rings is 1. The zero-order valence-corrected chi connectivity index (χ0v) is 11.3. The summed E-state index contributed by atoms with van der Waals surface area (Å²) in [6.45, 7) is 2.53. The summed E-state index contributed by atoms with van der Waals surface area (Å²) < 4.78 is 15.5. The van der Waals surface area contributed by atoms with Crippen molar-refractivity contribution in [2.75, 3.05) is 0 Å². The zero-order chi connectivity index (χ0) is 13.6. The minimum atomic E-state index is -1.25. The van der Waals surface area contributed by atoms with E-state index in [0.717, 1.165) is 0 Å². The Morgan fingerprint density at radius 3 is 3.05 bits per heavy atom. The van der Waals surface area contributed by atoms with Crippen molar-refractivity contribution in [3.05, 3.63) is 52.1 Å². The summed E-state index contributed by atoms with van der Waals surface area (Å²) in [5, 5.41) is 15.6. The molecule has 0 bridgehead atoms. The number of halogens is 2. The Morgan fingerprint density at radius 2 is 2.32 bits per heavy atom. The third kappa shape index (κ3) is 1.70. The van der Waals surface area contributed by atoms with E-state index in [2.05, 4.69) is 5.10 Å². The summed E-state index contributed by atoms with van der Waals surface area (Å²) in [6.07, 6.45) is 2.45. The normalized spacial score (nSPS) is 21.7. The van der Waals surface area contributed by atoms with E-state index in [0.29, 0.717) is 41.2 Å². The molecule has 1 atom stereocenters. The van der Waals surface area contributed by atoms with Crippen molar-refractivity contribution < 1.29 is 9.50 Å². The summed E-state index contributed by atoms with van der Waals surface area (Å²) >= 11 is 6.16. The van der Waals surface area contributed by atoms with Crippen molar-refractivity contribution in [1.29, 1.82) is 0 Å². The van der Waals surface area contributed by atoms with Crippen molar-refractivity contribution in [1.82, 2.24) is 9.78 Å². The molecule has 1 aliphatic rings. The second-order valence-corrected chi connectivity index (χ2v) is 5.19. The molecule has 0 spiro atoms. The minimum absolute atomic E-state index is 0.271. The van der Waals surface area contributed by atoms with Crippen molar-refractivity contribution >= 4 is 11.6 Å². The average Bonchev–Trinajstić information content (AvgIpc) is 2.93. The first-order chi connectivity index (χ1) is 9.08. The van der Waals surface area contributed by atoms with Gasteiger partial charge in [-0.15, -0.1) is 0 Å². The van der Waals surface area contributed by atoms with Crippen molar-refractivity contribution in [2.45, 2.75) is 31.9 Å². The molecule has 0 fully saturated rings. The van der Waals surface area contributed by atoms with Crippen molar-refractivity contribution in [2.24, 2.45) is 0 Å². The molecule has 1 aromatic heterocycles. The molecular weight excluding hydrogens is 267 g/mol. The Kier molecular flexibility index (Phi) is 2.87. The molecular formula is C14H14ClFN2O. The largest absolute Gasteiger partial charge is 0.379 e. The second-order valence-electron chi connectivity index (χ2n) is 4.78. The first-order valence-corrected chi connectivity index (χ1v) is 6.67. The average molecular weight is 281 g/mol. The van der Waals surface area contributed by atoms with Gasteiger partial charge in [0.25, 0.3) is 0 Å². The van der Waals surface area contributed by atoms with E-state index in [1.807, 2.05) is 6.92 Å². The third-order valence-electron chi connectivity index (χ3n) is 3.79. The summed E-state index contributed by atoms with van der Waals surface area (Å²) in [6, 6.07) is 4.79. The van der Waals surface area contributed by atoms with Crippen LogP contribution in [-0.2, 0) is 18.6 Å². The first-order valence-electron chi connectivity index (χ1n) is 6.30. The lowest BCUT2D eigenvalue weighted by Crippen LogP contribution is -2.28. The second kappa shape index (κ2) is 4.32. The van der Waals surface area contributed by atoms with Gasteiger partial charge >= 0.3 is 0 Å². The number of hydrogen-bond acceptors (Lipinski definition) is 2. The van der Waals surface area contributed by atoms with E-state index in [1.165, 1.54) is 12.3 Å². The molecule has 0 saturated carbocycles. The van der Waals surface area contributed by atoms with Crippen molar-refractivity contribution in [3.63, 3.8) is 0 Å². The highest BCUT2D eigenvalue weighted by Crippen LogP contribution is 2.44. The lowest BCUT2D eigenvalue weighted by molar-refractivity contribution is 0.0730. The molecule has 0 saturated heterocycles. The highest BCUT2D eigenvalue weighted by atomic mass is 35.5. The van der Waals surface area contributed by atoms with Crippen LogP contribution in [0.2, 0.25) is 5.02 Å². The molecule has 3 nitrogen and oxygen atoms in total. The van der Waals surface area contributed by atoms with Gasteiger partial charge < -0.3 is 5.11 Å². The molecule has 0 aliphatic heterocycles. The van der Waals surface area contributed by atoms with Gasteiger partial charge in [0.1, 0.15) is 11.4 Å². The molecule has 0 amide bonds. The maximum atomic E-state index is 13.8. The van der Waals surface area contributed by atoms with Crippen LogP contribution >= 0.6 is 11.6 Å². The Hall–Kier alpha value is -1.39. The molecule has 1 aromatic carbocycles. The van der Waals surface area contributed by atoms with Gasteiger partial charge in [-0.25, -0.2) is 4.39 Å². The Labute approximate surface area is 115 Å². The van der Waals surface area contributed by atoms with Gasteiger partial charge in [-0.2, -0.15) is 5.10 Å². The Morgan fingerprint density at radius 1 is 1.53 bits per heavy atom. The Bertz CT molecular complexity index is 640. The van der Waals surface area contributed by atoms with E-state index in [9.17, 15) is 9.50 Å². The van der Waals surface area contributed by atoms with E-state index in [-0.39, 0.29) is 5.82 Å². The molecule has 1 N–H and O–H groups in total. The molecule has 2 aromatic rings. The fourth-order valence-corrected chi connectivity index (χ4v) is 3.20. The lowest BCUT2D eigenvalue weighted by Gasteiger charge is -2.25. The number of aryl methyl sites for hydroxylation is 1. The van der Waals surface area contributed by atoms with Gasteiger partial charge in [0.05, 0.1) is 16.9 Å². The van der Waals surface area contributed by atoms with Gasteiger partial charge in [-0.05, 0) is 37.0 Å². The van der Waals surface area contributed by atoms with E-state index < -0.39 is 5.60 Å². The molecule has 5 heteroatoms. The van der Waals surface area contributed by atoms with Crippen LogP contribution in [0.1, 0.15) is 30.2 Å². The van der Waals surface area contributed by atoms with Crippen LogP contribution in [0.25, 0.3) is 0 Å². The lowest BCUT2D eigenvalue weighted by atomic mass is 9.92. The molecule has 3 rings (SSSR count). The number of fused-ring (bicyclic) bond motifs is 1. The fourth-order valence-electron chi connectivity index (χ4n) is 2.90. The highest BCUT2D eigenvalue weighted by molar-refractivity contribution is 6.31. The quantitative estimate of drug-likeness (QED) is 0.918. The predicted octanol–water partition coefficient (Wildman–Crippen LogP) is 2.88. The highest BCUT2D eigenvalue weighted by Gasteiger charge is 2.43. The minimum Gasteiger partial charge on any atom is -0.379 e. The number of aromatic nitrogens is 2. The fraction of sp³-hybridized carbons (Fsp3) is 0.357. The molecule has 1 heterocycles. The topological polar surface area (TPSA) is 38.0 Å². The van der Waals surface area contributed by atoms with Crippen LogP contribution in [0, 0.1) is 5.82 Å². The predicted molar refractivity (Wildman–Crippen MR) is 70.6 cm³/mol. The molecule has 19 heavy (non-hydrogen) atoms. The SMILES string of the molecule is CCn1ncc(Cl)c1C1(O)CCc2c(F)cccc21. The van der Waals surface area contributed by atoms with Crippen LogP contribution in [0.15, 0.2) is 24.4 Å². The number of aliphatic hydroxyl groups is 1. The van der Waals surface area contributed by atoms with Crippen LogP contribution in [-0.4, -0.2) is 14.9 Å². The van der Waals surface area contributed by atoms with Crippen LogP contribution < -0.4 is 0 Å². The van der Waals surface area contributed by atoms with Crippen LogP contribution in [0.4, 0.5) is 4.39 Å². The van der Waals surface area contributed by atoms with Gasteiger partial charge in [-0.1, -0.05) is 23.7 Å². The van der Waals surface area contributed by atoms with Crippen LogP contribution in [0.3, 0.4) is 0 Å². The standard InChI is InChI=1S/C14H14ClFN2O/c1-2-18-13(11(15)8-17-18)14(19)7-6-9-10(14)4-3-5-12(9)16/h3-5,8,19H,2,6-7H2,1H3. The molecule has 0 radical (unpaired) electrons. The summed E-state index contributed by atoms with van der Waals surface area (Å²) in [5.41, 5.74) is 0.483. The molecule has 100 valence electrons. The zero-order valence-electron chi connectivity index (χ0n) is 10.5. The molecule has 1 aliphatic carbocycles. The molecule has 1 unspecified atom stereocenters. The third-order valence-corrected chi connectivity index (χ3v) is 4.06. The number of rotatable bonds is 2. The number of nitrogens with zero attached hydrogens (tertiary/aromatic N) is 2. The van der Waals surface area contributed by atoms with E-state index >= 15 is 0 Å². The number of hydrogen-bond donors (Lipinski definition) is 1. The van der Waals surface area contributed by atoms with E-state index in [4.69, 9.17) is 11.6 Å². The van der Waals surface area contributed by atoms with Gasteiger partial charge in [0, 0.05) is 6.54 Å². The van der Waals surface area contributed by atoms with E-state index in [1.54, 1.807) is 16.8 Å². The van der Waals surface area contributed by atoms with Crippen LogP contribution in [0.5, 0.6) is 0 Å². The van der Waals surface area contributed by atoms with Gasteiger partial charge in [0.2, 0.25) is 0 Å². The maximum absolute atomic E-state index is 13.8. The van der Waals surface area contributed by atoms with Crippen molar-refractivity contribution in [3.8, 4) is 0 Å². The maximum Gasteiger partial charge on any atom is 0.133 e. The first kappa shape index (κ1) is 12.6. The van der Waals surface area contributed by atoms with Gasteiger partial charge in [-0.3, -0.25) is 4.68 Å².